The number of carbonyl (C=O) groups is 2. The first-order valence-electron chi connectivity index (χ1n) is 40.9. The van der Waals surface area contributed by atoms with Gasteiger partial charge in [0, 0.05) is 12.8 Å². The number of aliphatic hydroxyl groups excluding tert-OH is 2. The van der Waals surface area contributed by atoms with Crippen molar-refractivity contribution < 1.29 is 24.5 Å². The van der Waals surface area contributed by atoms with Gasteiger partial charge in [0.2, 0.25) is 5.91 Å². The monoisotopic (exact) mass is 1240 g/mol. The smallest absolute Gasteiger partial charge is 0.305 e. The molecule has 0 aromatic rings. The van der Waals surface area contributed by atoms with E-state index in [9.17, 15) is 19.8 Å². The molecule has 0 aromatic carbocycles. The van der Waals surface area contributed by atoms with E-state index in [1.165, 1.54) is 405 Å². The van der Waals surface area contributed by atoms with Gasteiger partial charge < -0.3 is 20.3 Å². The van der Waals surface area contributed by atoms with Crippen LogP contribution in [0.4, 0.5) is 0 Å². The van der Waals surface area contributed by atoms with Gasteiger partial charge >= 0.3 is 5.97 Å². The van der Waals surface area contributed by atoms with Crippen molar-refractivity contribution in [1.29, 1.82) is 0 Å². The van der Waals surface area contributed by atoms with Crippen LogP contribution in [-0.2, 0) is 14.3 Å². The van der Waals surface area contributed by atoms with Crippen LogP contribution in [0.15, 0.2) is 12.2 Å². The Balaban J connectivity index is 3.35. The molecule has 88 heavy (non-hydrogen) atoms. The molecule has 0 aromatic heterocycles. The van der Waals surface area contributed by atoms with Crippen molar-refractivity contribution in [2.75, 3.05) is 13.2 Å². The zero-order chi connectivity index (χ0) is 63.5. The summed E-state index contributed by atoms with van der Waals surface area (Å²) in [6.07, 6.45) is 98.8. The van der Waals surface area contributed by atoms with Gasteiger partial charge in [0.15, 0.2) is 0 Å². The summed E-state index contributed by atoms with van der Waals surface area (Å²) in [7, 11) is 0. The number of hydrogen-bond donors (Lipinski definition) is 3. The third kappa shape index (κ3) is 73.6. The molecule has 0 bridgehead atoms. The van der Waals surface area contributed by atoms with Crippen LogP contribution in [-0.4, -0.2) is 47.4 Å². The van der Waals surface area contributed by atoms with E-state index >= 15 is 0 Å². The Labute approximate surface area is 552 Å². The predicted molar refractivity (Wildman–Crippen MR) is 389 cm³/mol. The lowest BCUT2D eigenvalue weighted by Crippen LogP contribution is -2.45. The van der Waals surface area contributed by atoms with E-state index in [-0.39, 0.29) is 18.5 Å². The van der Waals surface area contributed by atoms with Gasteiger partial charge in [-0.1, -0.05) is 424 Å². The van der Waals surface area contributed by atoms with Crippen molar-refractivity contribution in [3.8, 4) is 0 Å². The number of allylic oxidation sites excluding steroid dienone is 2. The van der Waals surface area contributed by atoms with Gasteiger partial charge in [-0.3, -0.25) is 9.59 Å². The van der Waals surface area contributed by atoms with Crippen LogP contribution in [0.5, 0.6) is 0 Å². The van der Waals surface area contributed by atoms with E-state index in [4.69, 9.17) is 4.74 Å². The number of amides is 1. The Morgan fingerprint density at radius 2 is 0.534 bits per heavy atom. The highest BCUT2D eigenvalue weighted by molar-refractivity contribution is 5.76. The fourth-order valence-corrected chi connectivity index (χ4v) is 13.3. The number of rotatable bonds is 78. The fraction of sp³-hybridized carbons (Fsp3) is 0.951. The van der Waals surface area contributed by atoms with Crippen molar-refractivity contribution >= 4 is 11.9 Å². The molecule has 0 aliphatic rings. The summed E-state index contributed by atoms with van der Waals surface area (Å²) < 4.78 is 5.52. The molecule has 0 fully saturated rings. The quantitative estimate of drug-likeness (QED) is 0.0320. The van der Waals surface area contributed by atoms with E-state index in [0.717, 1.165) is 38.5 Å². The number of ether oxygens (including phenoxy) is 1. The summed E-state index contributed by atoms with van der Waals surface area (Å²) >= 11 is 0. The average Bonchev–Trinajstić information content (AvgIpc) is 3.58. The molecular weight excluding hydrogens is 1080 g/mol. The molecule has 2 atom stereocenters. The molecule has 524 valence electrons. The molecule has 3 N–H and O–H groups in total. The average molecular weight is 1240 g/mol. The minimum Gasteiger partial charge on any atom is -0.466 e. The van der Waals surface area contributed by atoms with Crippen molar-refractivity contribution in [2.45, 2.75) is 488 Å². The van der Waals surface area contributed by atoms with Crippen LogP contribution >= 0.6 is 0 Å². The first-order valence-corrected chi connectivity index (χ1v) is 40.9. The number of carbonyl (C=O) groups excluding carboxylic acids is 2. The number of nitrogens with one attached hydrogen (secondary N) is 1. The van der Waals surface area contributed by atoms with Crippen LogP contribution in [0.2, 0.25) is 0 Å². The minimum absolute atomic E-state index is 0.0230. The lowest BCUT2D eigenvalue weighted by atomic mass is 10.0. The summed E-state index contributed by atoms with van der Waals surface area (Å²) in [4.78, 5) is 24.7. The standard InChI is InChI=1S/C82H161NO5/c1-3-5-7-9-11-13-15-17-19-21-23-24-33-36-39-42-46-50-54-58-62-66-70-74-80(85)79(78-84)83-81(86)75-71-67-63-59-55-51-47-43-40-37-34-31-29-27-25-26-28-30-32-35-38-41-45-49-53-57-61-65-69-73-77-88-82(87)76-72-68-64-60-56-52-48-44-22-20-18-16-14-12-10-8-6-4-2/h26,28,79-80,84-85H,3-25,27,29-78H2,1-2H3,(H,83,86)/b28-26-. The molecule has 2 unspecified atom stereocenters. The summed E-state index contributed by atoms with van der Waals surface area (Å²) in [5, 5.41) is 23.5. The first-order chi connectivity index (χ1) is 43.5. The number of unbranched alkanes of at least 4 members (excludes halogenated alkanes) is 65. The largest absolute Gasteiger partial charge is 0.466 e. The Morgan fingerprint density at radius 3 is 0.807 bits per heavy atom. The molecule has 0 heterocycles. The Morgan fingerprint density at radius 1 is 0.307 bits per heavy atom. The molecule has 0 saturated heterocycles. The Hall–Kier alpha value is -1.40. The number of aliphatic hydroxyl groups is 2. The second-order valence-electron chi connectivity index (χ2n) is 28.5. The highest BCUT2D eigenvalue weighted by atomic mass is 16.5. The van der Waals surface area contributed by atoms with Crippen molar-refractivity contribution in [1.82, 2.24) is 5.32 Å². The molecule has 0 aliphatic heterocycles. The molecule has 0 rings (SSSR count). The van der Waals surface area contributed by atoms with Crippen LogP contribution in [0.3, 0.4) is 0 Å². The summed E-state index contributed by atoms with van der Waals surface area (Å²) in [6, 6.07) is -0.541. The lowest BCUT2D eigenvalue weighted by Gasteiger charge is -2.22. The van der Waals surface area contributed by atoms with Crippen molar-refractivity contribution in [3.05, 3.63) is 12.2 Å². The predicted octanol–water partition coefficient (Wildman–Crippen LogP) is 27.1. The molecule has 0 saturated carbocycles. The van der Waals surface area contributed by atoms with Gasteiger partial charge in [-0.05, 0) is 51.4 Å². The van der Waals surface area contributed by atoms with Gasteiger partial charge in [-0.25, -0.2) is 0 Å². The normalized spacial score (nSPS) is 12.5. The lowest BCUT2D eigenvalue weighted by molar-refractivity contribution is -0.143. The van der Waals surface area contributed by atoms with Crippen LogP contribution < -0.4 is 5.32 Å². The second kappa shape index (κ2) is 78.0. The number of esters is 1. The summed E-state index contributed by atoms with van der Waals surface area (Å²) in [5.74, 6) is -0.00429. The maximum Gasteiger partial charge on any atom is 0.305 e. The highest BCUT2D eigenvalue weighted by Gasteiger charge is 2.20. The Kier molecular flexibility index (Phi) is 76.8. The zero-order valence-electron chi connectivity index (χ0n) is 60.3. The first kappa shape index (κ1) is 86.6. The van der Waals surface area contributed by atoms with E-state index in [0.29, 0.717) is 25.9 Å². The maximum absolute atomic E-state index is 12.6. The molecule has 6 heteroatoms. The second-order valence-corrected chi connectivity index (χ2v) is 28.5. The zero-order valence-corrected chi connectivity index (χ0v) is 60.3. The fourth-order valence-electron chi connectivity index (χ4n) is 13.3. The van der Waals surface area contributed by atoms with Gasteiger partial charge in [0.25, 0.3) is 0 Å². The third-order valence-corrected chi connectivity index (χ3v) is 19.6. The molecule has 0 radical (unpaired) electrons. The number of hydrogen-bond acceptors (Lipinski definition) is 5. The molecule has 0 aliphatic carbocycles. The minimum atomic E-state index is -0.664. The van der Waals surface area contributed by atoms with E-state index in [2.05, 4.69) is 31.3 Å². The molecule has 6 nitrogen and oxygen atoms in total. The third-order valence-electron chi connectivity index (χ3n) is 19.6. The summed E-state index contributed by atoms with van der Waals surface area (Å²) in [6.45, 7) is 5.02. The van der Waals surface area contributed by atoms with Crippen LogP contribution in [0.25, 0.3) is 0 Å². The molecular formula is C82H161NO5. The van der Waals surface area contributed by atoms with Crippen molar-refractivity contribution in [3.63, 3.8) is 0 Å². The topological polar surface area (TPSA) is 95.9 Å². The van der Waals surface area contributed by atoms with Gasteiger partial charge in [0.05, 0.1) is 25.4 Å². The van der Waals surface area contributed by atoms with Gasteiger partial charge in [-0.2, -0.15) is 0 Å². The van der Waals surface area contributed by atoms with Gasteiger partial charge in [0.1, 0.15) is 0 Å². The summed E-state index contributed by atoms with van der Waals surface area (Å²) in [5.41, 5.74) is 0. The van der Waals surface area contributed by atoms with E-state index in [1.807, 2.05) is 0 Å². The maximum atomic E-state index is 12.6. The molecule has 1 amide bonds. The van der Waals surface area contributed by atoms with Crippen LogP contribution in [0, 0.1) is 0 Å². The van der Waals surface area contributed by atoms with Crippen molar-refractivity contribution in [2.24, 2.45) is 0 Å². The Bertz CT molecular complexity index is 1340. The van der Waals surface area contributed by atoms with Gasteiger partial charge in [-0.15, -0.1) is 0 Å². The highest BCUT2D eigenvalue weighted by Crippen LogP contribution is 2.21. The van der Waals surface area contributed by atoms with E-state index < -0.39 is 12.1 Å². The van der Waals surface area contributed by atoms with E-state index in [1.54, 1.807) is 0 Å². The molecule has 0 spiro atoms. The SMILES string of the molecule is CCCCCCCCCCCCCCCCCCCCCCCCCC(O)C(CO)NC(=O)CCCCCCCCCCCCCCCC/C=C\CCCCCCCCCCCCCCOC(=O)CCCCCCCCCCCCCCCCCCCC. The van der Waals surface area contributed by atoms with Crippen LogP contribution in [0.1, 0.15) is 476 Å².